The molecule has 3 aromatic rings. The van der Waals surface area contributed by atoms with Crippen molar-refractivity contribution >= 4 is 34.2 Å². The summed E-state index contributed by atoms with van der Waals surface area (Å²) in [6.45, 7) is 1.88. The van der Waals surface area contributed by atoms with Gasteiger partial charge in [-0.05, 0) is 49.6 Å². The number of H-pyrrole nitrogens is 1. The van der Waals surface area contributed by atoms with E-state index in [1.165, 1.54) is 6.42 Å². The number of carbonyl (C=O) groups is 2. The van der Waals surface area contributed by atoms with E-state index in [1.807, 2.05) is 30.3 Å². The van der Waals surface area contributed by atoms with Gasteiger partial charge in [-0.3, -0.25) is 9.59 Å². The van der Waals surface area contributed by atoms with E-state index < -0.39 is 5.91 Å². The molecule has 150 valence electrons. The molecule has 29 heavy (non-hydrogen) atoms. The maximum atomic E-state index is 12.6. The van der Waals surface area contributed by atoms with Gasteiger partial charge in [0.25, 0.3) is 0 Å². The van der Waals surface area contributed by atoms with E-state index in [0.717, 1.165) is 48.5 Å². The number of primary amides is 1. The van der Waals surface area contributed by atoms with Crippen molar-refractivity contribution in [3.8, 4) is 0 Å². The number of carbonyl (C=O) groups excluding carboxylic acids is 2. The van der Waals surface area contributed by atoms with Crippen LogP contribution >= 0.6 is 0 Å². The lowest BCUT2D eigenvalue weighted by molar-refractivity contribution is -0.116. The van der Waals surface area contributed by atoms with Crippen LogP contribution < -0.4 is 16.0 Å². The van der Waals surface area contributed by atoms with Crippen LogP contribution in [0.2, 0.25) is 0 Å². The van der Waals surface area contributed by atoms with Gasteiger partial charge in [0.05, 0.1) is 22.4 Å². The predicted octanol–water partition coefficient (Wildman–Crippen LogP) is 3.22. The van der Waals surface area contributed by atoms with E-state index in [1.54, 1.807) is 12.1 Å². The monoisotopic (exact) mass is 391 g/mol. The lowest BCUT2D eigenvalue weighted by Gasteiger charge is -2.30. The number of amides is 2. The second-order valence-electron chi connectivity index (χ2n) is 7.39. The number of rotatable bonds is 6. The maximum absolute atomic E-state index is 12.6. The van der Waals surface area contributed by atoms with Crippen LogP contribution in [0.4, 0.5) is 11.4 Å². The summed E-state index contributed by atoms with van der Waals surface area (Å²) in [7, 11) is 0. The summed E-state index contributed by atoms with van der Waals surface area (Å²) in [4.78, 5) is 34.2. The number of benzene rings is 2. The molecule has 2 aromatic carbocycles. The van der Waals surface area contributed by atoms with Crippen LogP contribution in [0.15, 0.2) is 42.5 Å². The summed E-state index contributed by atoms with van der Waals surface area (Å²) < 4.78 is 0. The Balaban J connectivity index is 1.48. The van der Waals surface area contributed by atoms with Crippen molar-refractivity contribution in [1.82, 2.24) is 9.97 Å². The number of fused-ring (bicyclic) bond motifs is 1. The van der Waals surface area contributed by atoms with Gasteiger partial charge in [0.2, 0.25) is 11.8 Å². The Morgan fingerprint density at radius 3 is 2.66 bits per heavy atom. The Bertz CT molecular complexity index is 1000. The molecule has 1 fully saturated rings. The van der Waals surface area contributed by atoms with Gasteiger partial charge in [-0.1, -0.05) is 12.1 Å². The van der Waals surface area contributed by atoms with Crippen LogP contribution in [-0.4, -0.2) is 34.9 Å². The first-order chi connectivity index (χ1) is 14.1. The van der Waals surface area contributed by atoms with Gasteiger partial charge < -0.3 is 20.9 Å². The molecule has 1 aliphatic rings. The molecule has 4 N–H and O–H groups in total. The van der Waals surface area contributed by atoms with Crippen LogP contribution in [0.25, 0.3) is 11.0 Å². The molecule has 0 aliphatic carbocycles. The van der Waals surface area contributed by atoms with Crippen LogP contribution in [0.5, 0.6) is 0 Å². The number of hydrogen-bond donors (Lipinski definition) is 3. The zero-order valence-electron chi connectivity index (χ0n) is 16.3. The van der Waals surface area contributed by atoms with Gasteiger partial charge >= 0.3 is 0 Å². The fourth-order valence-corrected chi connectivity index (χ4v) is 3.77. The van der Waals surface area contributed by atoms with Crippen molar-refractivity contribution in [2.75, 3.05) is 23.3 Å². The van der Waals surface area contributed by atoms with Crippen LogP contribution in [0.3, 0.4) is 0 Å². The molecule has 1 saturated heterocycles. The molecule has 1 aromatic heterocycles. The Morgan fingerprint density at radius 1 is 1.10 bits per heavy atom. The molecule has 2 heterocycles. The highest BCUT2D eigenvalue weighted by Crippen LogP contribution is 2.30. The van der Waals surface area contributed by atoms with Crippen molar-refractivity contribution in [2.45, 2.75) is 32.1 Å². The number of hydrogen-bond acceptors (Lipinski definition) is 4. The summed E-state index contributed by atoms with van der Waals surface area (Å²) >= 11 is 0. The molecule has 7 heteroatoms. The average molecular weight is 391 g/mol. The fourth-order valence-electron chi connectivity index (χ4n) is 3.77. The number of nitrogens with two attached hydrogens (primary N) is 1. The first-order valence-electron chi connectivity index (χ1n) is 10.0. The second-order valence-corrected chi connectivity index (χ2v) is 7.39. The van der Waals surface area contributed by atoms with Crippen molar-refractivity contribution in [3.63, 3.8) is 0 Å². The van der Waals surface area contributed by atoms with Crippen LogP contribution in [-0.2, 0) is 11.2 Å². The molecule has 0 unspecified atom stereocenters. The number of aromatic nitrogens is 2. The summed E-state index contributed by atoms with van der Waals surface area (Å²) in [5.41, 5.74) is 9.25. The number of para-hydroxylation sites is 2. The molecule has 2 amide bonds. The van der Waals surface area contributed by atoms with E-state index in [-0.39, 0.29) is 5.91 Å². The fraction of sp³-hybridized carbons (Fsp3) is 0.318. The minimum absolute atomic E-state index is 0.120. The minimum atomic E-state index is -0.507. The molecule has 4 rings (SSSR count). The normalized spacial score (nSPS) is 14.1. The number of imidazole rings is 1. The molecule has 0 atom stereocenters. The Hall–Kier alpha value is -3.35. The topological polar surface area (TPSA) is 104 Å². The summed E-state index contributed by atoms with van der Waals surface area (Å²) in [5.74, 6) is 0.154. The Kier molecular flexibility index (Phi) is 5.46. The summed E-state index contributed by atoms with van der Waals surface area (Å²) in [6.07, 6.45) is 4.26. The smallest absolute Gasteiger partial charge is 0.248 e. The minimum Gasteiger partial charge on any atom is -0.370 e. The lowest BCUT2D eigenvalue weighted by Crippen LogP contribution is -2.30. The van der Waals surface area contributed by atoms with Crippen molar-refractivity contribution in [1.29, 1.82) is 0 Å². The first kappa shape index (κ1) is 19.0. The largest absolute Gasteiger partial charge is 0.370 e. The average Bonchev–Trinajstić information content (AvgIpc) is 3.16. The van der Waals surface area contributed by atoms with Gasteiger partial charge in [-0.15, -0.1) is 0 Å². The predicted molar refractivity (Wildman–Crippen MR) is 114 cm³/mol. The first-order valence-corrected chi connectivity index (χ1v) is 10.0. The van der Waals surface area contributed by atoms with E-state index in [4.69, 9.17) is 5.73 Å². The highest BCUT2D eigenvalue weighted by Gasteiger charge is 2.17. The SMILES string of the molecule is NC(=O)c1ccc(N2CCCCC2)c(NC(=O)CCc2nc3ccccc3[nH]2)c1. The molecule has 0 saturated carbocycles. The third-order valence-corrected chi connectivity index (χ3v) is 5.28. The molecule has 0 radical (unpaired) electrons. The van der Waals surface area contributed by atoms with Gasteiger partial charge in [0.15, 0.2) is 0 Å². The molecule has 0 bridgehead atoms. The van der Waals surface area contributed by atoms with Gasteiger partial charge in [-0.25, -0.2) is 4.98 Å². The number of aryl methyl sites for hydroxylation is 1. The molecular formula is C22H25N5O2. The summed E-state index contributed by atoms with van der Waals surface area (Å²) in [5, 5.41) is 2.98. The van der Waals surface area contributed by atoms with E-state index in [0.29, 0.717) is 24.1 Å². The molecule has 0 spiro atoms. The van der Waals surface area contributed by atoms with Crippen molar-refractivity contribution in [3.05, 3.63) is 53.9 Å². The quantitative estimate of drug-likeness (QED) is 0.600. The van der Waals surface area contributed by atoms with Gasteiger partial charge in [0.1, 0.15) is 5.82 Å². The third-order valence-electron chi connectivity index (χ3n) is 5.28. The van der Waals surface area contributed by atoms with Crippen molar-refractivity contribution in [2.24, 2.45) is 5.73 Å². The number of anilines is 2. The highest BCUT2D eigenvalue weighted by molar-refractivity contribution is 5.99. The van der Waals surface area contributed by atoms with E-state index >= 15 is 0 Å². The van der Waals surface area contributed by atoms with Crippen LogP contribution in [0.1, 0.15) is 41.9 Å². The second kappa shape index (κ2) is 8.34. The zero-order chi connectivity index (χ0) is 20.2. The molecular weight excluding hydrogens is 366 g/mol. The number of piperidine rings is 1. The molecule has 1 aliphatic heterocycles. The highest BCUT2D eigenvalue weighted by atomic mass is 16.2. The number of nitrogens with zero attached hydrogens (tertiary/aromatic N) is 2. The number of nitrogens with one attached hydrogen (secondary N) is 2. The standard InChI is InChI=1S/C22H25N5O2/c23-22(29)15-8-9-19(27-12-4-1-5-13-27)18(14-15)26-21(28)11-10-20-24-16-6-2-3-7-17(16)25-20/h2-3,6-9,14H,1,4-5,10-13H2,(H2,23,29)(H,24,25)(H,26,28). The Morgan fingerprint density at radius 2 is 1.90 bits per heavy atom. The third kappa shape index (κ3) is 4.39. The molecule has 7 nitrogen and oxygen atoms in total. The van der Waals surface area contributed by atoms with E-state index in [2.05, 4.69) is 20.2 Å². The van der Waals surface area contributed by atoms with Gasteiger partial charge in [0, 0.05) is 31.5 Å². The van der Waals surface area contributed by atoms with Crippen LogP contribution in [0, 0.1) is 0 Å². The van der Waals surface area contributed by atoms with Gasteiger partial charge in [-0.2, -0.15) is 0 Å². The van der Waals surface area contributed by atoms with E-state index in [9.17, 15) is 9.59 Å². The zero-order valence-corrected chi connectivity index (χ0v) is 16.3. The Labute approximate surface area is 169 Å². The summed E-state index contributed by atoms with van der Waals surface area (Å²) in [6, 6.07) is 13.1. The maximum Gasteiger partial charge on any atom is 0.248 e. The van der Waals surface area contributed by atoms with Crippen molar-refractivity contribution < 1.29 is 9.59 Å². The lowest BCUT2D eigenvalue weighted by atomic mass is 10.1. The number of aromatic amines is 1.